The van der Waals surface area contributed by atoms with Gasteiger partial charge >= 0.3 is 0 Å². The number of hydrogen-bond donors (Lipinski definition) is 0. The average Bonchev–Trinajstić information content (AvgIpc) is 2.39. The zero-order valence-corrected chi connectivity index (χ0v) is 11.5. The predicted molar refractivity (Wildman–Crippen MR) is 76.2 cm³/mol. The van der Waals surface area contributed by atoms with Gasteiger partial charge in [0.2, 0.25) is 0 Å². The van der Waals surface area contributed by atoms with E-state index in [2.05, 4.69) is 36.6 Å². The summed E-state index contributed by atoms with van der Waals surface area (Å²) < 4.78 is 5.34. The molecule has 0 radical (unpaired) electrons. The van der Waals surface area contributed by atoms with Crippen LogP contribution in [0.25, 0.3) is 0 Å². The molecule has 0 aromatic heterocycles. The summed E-state index contributed by atoms with van der Waals surface area (Å²) in [6.45, 7) is 9.47. The zero-order valence-electron chi connectivity index (χ0n) is 11.5. The van der Waals surface area contributed by atoms with Crippen molar-refractivity contribution >= 4 is 0 Å². The molecule has 1 aliphatic heterocycles. The van der Waals surface area contributed by atoms with Crippen molar-refractivity contribution in [3.05, 3.63) is 42.5 Å². The van der Waals surface area contributed by atoms with E-state index >= 15 is 0 Å². The number of hydrogen-bond acceptors (Lipinski definition) is 2. The summed E-state index contributed by atoms with van der Waals surface area (Å²) in [7, 11) is 1.73. The standard InChI is InChI=1S/C16H23NO/c1-4-10-17-11-6-9-16(2,13-17)14-7-5-8-15(12-14)18-3/h4-5,7-8,12H,1,6,9-11,13H2,2-3H3/t16-/m1/s1. The van der Waals surface area contributed by atoms with E-state index in [-0.39, 0.29) is 5.41 Å². The summed E-state index contributed by atoms with van der Waals surface area (Å²) >= 11 is 0. The molecular formula is C16H23NO. The SMILES string of the molecule is C=CCN1CCC[C@@](C)(c2cccc(OC)c2)C1. The van der Waals surface area contributed by atoms with E-state index in [0.29, 0.717) is 0 Å². The first-order chi connectivity index (χ1) is 8.68. The molecule has 0 amide bonds. The molecular weight excluding hydrogens is 222 g/mol. The maximum atomic E-state index is 5.34. The second-order valence-electron chi connectivity index (χ2n) is 5.42. The van der Waals surface area contributed by atoms with E-state index in [1.165, 1.54) is 24.9 Å². The molecule has 2 rings (SSSR count). The van der Waals surface area contributed by atoms with Crippen molar-refractivity contribution in [2.45, 2.75) is 25.2 Å². The highest BCUT2D eigenvalue weighted by atomic mass is 16.5. The number of piperidine rings is 1. The minimum atomic E-state index is 0.232. The number of methoxy groups -OCH3 is 1. The molecule has 0 N–H and O–H groups in total. The molecule has 1 aliphatic rings. The van der Waals surface area contributed by atoms with Crippen molar-refractivity contribution in [2.24, 2.45) is 0 Å². The Morgan fingerprint density at radius 2 is 2.33 bits per heavy atom. The van der Waals surface area contributed by atoms with Crippen LogP contribution in [0.4, 0.5) is 0 Å². The van der Waals surface area contributed by atoms with Crippen LogP contribution in [-0.2, 0) is 5.41 Å². The quantitative estimate of drug-likeness (QED) is 0.755. The van der Waals surface area contributed by atoms with E-state index in [1.54, 1.807) is 7.11 Å². The van der Waals surface area contributed by atoms with Gasteiger partial charge in [-0.1, -0.05) is 25.1 Å². The Hall–Kier alpha value is -1.28. The van der Waals surface area contributed by atoms with E-state index in [0.717, 1.165) is 18.8 Å². The first kappa shape index (κ1) is 13.2. The van der Waals surface area contributed by atoms with Gasteiger partial charge in [0.05, 0.1) is 7.11 Å². The van der Waals surface area contributed by atoms with Crippen LogP contribution in [0.2, 0.25) is 0 Å². The summed E-state index contributed by atoms with van der Waals surface area (Å²) in [6.07, 6.45) is 4.49. The van der Waals surface area contributed by atoms with Gasteiger partial charge in [0, 0.05) is 18.5 Å². The molecule has 1 aromatic rings. The molecule has 0 aliphatic carbocycles. The molecule has 0 spiro atoms. The largest absolute Gasteiger partial charge is 0.497 e. The lowest BCUT2D eigenvalue weighted by Crippen LogP contribution is -2.44. The van der Waals surface area contributed by atoms with Gasteiger partial charge in [0.15, 0.2) is 0 Å². The van der Waals surface area contributed by atoms with Gasteiger partial charge in [-0.25, -0.2) is 0 Å². The van der Waals surface area contributed by atoms with Gasteiger partial charge in [0.1, 0.15) is 5.75 Å². The smallest absolute Gasteiger partial charge is 0.119 e. The van der Waals surface area contributed by atoms with E-state index < -0.39 is 0 Å². The first-order valence-electron chi connectivity index (χ1n) is 6.66. The van der Waals surface area contributed by atoms with Gasteiger partial charge in [-0.05, 0) is 37.1 Å². The normalized spacial score (nSPS) is 24.8. The van der Waals surface area contributed by atoms with Crippen LogP contribution in [0.5, 0.6) is 5.75 Å². The van der Waals surface area contributed by atoms with Crippen molar-refractivity contribution in [3.63, 3.8) is 0 Å². The molecule has 2 heteroatoms. The van der Waals surface area contributed by atoms with E-state index in [9.17, 15) is 0 Å². The first-order valence-corrected chi connectivity index (χ1v) is 6.66. The third-order valence-electron chi connectivity index (χ3n) is 3.93. The van der Waals surface area contributed by atoms with Crippen molar-refractivity contribution in [2.75, 3.05) is 26.7 Å². The van der Waals surface area contributed by atoms with Gasteiger partial charge in [-0.3, -0.25) is 4.90 Å². The molecule has 0 bridgehead atoms. The summed E-state index contributed by atoms with van der Waals surface area (Å²) in [5.41, 5.74) is 1.62. The molecule has 0 unspecified atom stereocenters. The Bertz CT molecular complexity index is 415. The highest BCUT2D eigenvalue weighted by Gasteiger charge is 2.32. The summed E-state index contributed by atoms with van der Waals surface area (Å²) in [5, 5.41) is 0. The summed E-state index contributed by atoms with van der Waals surface area (Å²) in [5.74, 6) is 0.953. The van der Waals surface area contributed by atoms with Gasteiger partial charge in [-0.2, -0.15) is 0 Å². The van der Waals surface area contributed by atoms with Gasteiger partial charge < -0.3 is 4.74 Å². The number of nitrogens with zero attached hydrogens (tertiary/aromatic N) is 1. The molecule has 18 heavy (non-hydrogen) atoms. The van der Waals surface area contributed by atoms with E-state index in [4.69, 9.17) is 4.74 Å². The Morgan fingerprint density at radius 3 is 3.06 bits per heavy atom. The van der Waals surface area contributed by atoms with Gasteiger partial charge in [0.25, 0.3) is 0 Å². The Kier molecular flexibility index (Phi) is 4.07. The van der Waals surface area contributed by atoms with Crippen LogP contribution >= 0.6 is 0 Å². The number of benzene rings is 1. The molecule has 0 saturated carbocycles. The highest BCUT2D eigenvalue weighted by Crippen LogP contribution is 2.35. The van der Waals surface area contributed by atoms with Crippen LogP contribution in [0.1, 0.15) is 25.3 Å². The van der Waals surface area contributed by atoms with Gasteiger partial charge in [-0.15, -0.1) is 6.58 Å². The lowest BCUT2D eigenvalue weighted by molar-refractivity contribution is 0.171. The van der Waals surface area contributed by atoms with Crippen molar-refractivity contribution in [1.82, 2.24) is 4.90 Å². The summed E-state index contributed by atoms with van der Waals surface area (Å²) in [6, 6.07) is 8.50. The number of rotatable bonds is 4. The predicted octanol–water partition coefficient (Wildman–Crippen LogP) is 3.23. The molecule has 2 nitrogen and oxygen atoms in total. The topological polar surface area (TPSA) is 12.5 Å². The van der Waals surface area contributed by atoms with E-state index in [1.807, 2.05) is 12.1 Å². The highest BCUT2D eigenvalue weighted by molar-refractivity contribution is 5.34. The Morgan fingerprint density at radius 1 is 1.50 bits per heavy atom. The molecule has 1 aromatic carbocycles. The fourth-order valence-corrected chi connectivity index (χ4v) is 2.92. The zero-order chi connectivity index (χ0) is 13.0. The Balaban J connectivity index is 2.20. The second-order valence-corrected chi connectivity index (χ2v) is 5.42. The molecule has 1 saturated heterocycles. The lowest BCUT2D eigenvalue weighted by Gasteiger charge is -2.40. The molecule has 1 atom stereocenters. The summed E-state index contributed by atoms with van der Waals surface area (Å²) in [4.78, 5) is 2.48. The van der Waals surface area contributed by atoms with Crippen LogP contribution in [0.15, 0.2) is 36.9 Å². The second kappa shape index (κ2) is 5.57. The molecule has 98 valence electrons. The minimum absolute atomic E-state index is 0.232. The lowest BCUT2D eigenvalue weighted by atomic mass is 9.76. The monoisotopic (exact) mass is 245 g/mol. The Labute approximate surface area is 110 Å². The van der Waals surface area contributed by atoms with Crippen molar-refractivity contribution in [1.29, 1.82) is 0 Å². The van der Waals surface area contributed by atoms with Crippen LogP contribution in [-0.4, -0.2) is 31.6 Å². The average molecular weight is 245 g/mol. The van der Waals surface area contributed by atoms with Crippen LogP contribution < -0.4 is 4.74 Å². The third-order valence-corrected chi connectivity index (χ3v) is 3.93. The number of ether oxygens (including phenoxy) is 1. The number of likely N-dealkylation sites (tertiary alicyclic amines) is 1. The fourth-order valence-electron chi connectivity index (χ4n) is 2.92. The third kappa shape index (κ3) is 2.75. The van der Waals surface area contributed by atoms with Crippen LogP contribution in [0, 0.1) is 0 Å². The molecule has 1 heterocycles. The fraction of sp³-hybridized carbons (Fsp3) is 0.500. The maximum Gasteiger partial charge on any atom is 0.119 e. The minimum Gasteiger partial charge on any atom is -0.497 e. The van der Waals surface area contributed by atoms with Crippen LogP contribution in [0.3, 0.4) is 0 Å². The molecule has 1 fully saturated rings. The van der Waals surface area contributed by atoms with Crippen molar-refractivity contribution in [3.8, 4) is 5.75 Å². The van der Waals surface area contributed by atoms with Crippen molar-refractivity contribution < 1.29 is 4.74 Å². The maximum absolute atomic E-state index is 5.34.